The number of anilines is 1. The van der Waals surface area contributed by atoms with E-state index in [0.717, 1.165) is 29.2 Å². The Kier molecular flexibility index (Phi) is 5.27. The number of fused-ring (bicyclic) bond motifs is 3. The van der Waals surface area contributed by atoms with Crippen LogP contribution in [-0.4, -0.2) is 12.0 Å². The topological polar surface area (TPSA) is 73.6 Å². The first kappa shape index (κ1) is 20.1. The first-order valence-electron chi connectivity index (χ1n) is 10.7. The van der Waals surface area contributed by atoms with E-state index in [0.29, 0.717) is 18.4 Å². The summed E-state index contributed by atoms with van der Waals surface area (Å²) in [6.07, 6.45) is 5.64. The molecule has 0 fully saturated rings. The maximum atomic E-state index is 10.8. The molecule has 3 aromatic carbocycles. The number of hydrogen-bond acceptors (Lipinski definition) is 5. The van der Waals surface area contributed by atoms with Gasteiger partial charge in [0.15, 0.2) is 0 Å². The SMILES string of the molecule is COc1cccc2c1N[C@@H](c1ccc(OCc3ccc([N+](=O)[O-])cc3)cc1)[C@H]1CC=C[C@@H]21. The Morgan fingerprint density at radius 2 is 1.84 bits per heavy atom. The van der Waals surface area contributed by atoms with Crippen LogP contribution in [-0.2, 0) is 6.61 Å². The van der Waals surface area contributed by atoms with E-state index in [1.807, 2.05) is 18.2 Å². The van der Waals surface area contributed by atoms with Gasteiger partial charge in [0, 0.05) is 18.1 Å². The van der Waals surface area contributed by atoms with Crippen molar-refractivity contribution in [1.82, 2.24) is 0 Å². The summed E-state index contributed by atoms with van der Waals surface area (Å²) in [5.74, 6) is 2.47. The molecule has 2 aliphatic rings. The number of benzene rings is 3. The average molecular weight is 428 g/mol. The summed E-state index contributed by atoms with van der Waals surface area (Å²) in [6.45, 7) is 0.359. The summed E-state index contributed by atoms with van der Waals surface area (Å²) in [7, 11) is 1.71. The number of para-hydroxylation sites is 1. The molecule has 32 heavy (non-hydrogen) atoms. The van der Waals surface area contributed by atoms with Crippen molar-refractivity contribution in [3.8, 4) is 11.5 Å². The highest BCUT2D eigenvalue weighted by Gasteiger charge is 2.38. The monoisotopic (exact) mass is 428 g/mol. The van der Waals surface area contributed by atoms with Crippen LogP contribution in [0, 0.1) is 16.0 Å². The molecule has 162 valence electrons. The van der Waals surface area contributed by atoms with E-state index in [1.165, 1.54) is 23.3 Å². The molecule has 3 atom stereocenters. The number of methoxy groups -OCH3 is 1. The number of rotatable bonds is 6. The van der Waals surface area contributed by atoms with Crippen LogP contribution < -0.4 is 14.8 Å². The fraction of sp³-hybridized carbons (Fsp3) is 0.231. The summed E-state index contributed by atoms with van der Waals surface area (Å²) in [5, 5.41) is 14.5. The largest absolute Gasteiger partial charge is 0.495 e. The molecule has 1 aliphatic heterocycles. The van der Waals surface area contributed by atoms with Crippen molar-refractivity contribution in [2.24, 2.45) is 5.92 Å². The second kappa shape index (κ2) is 8.38. The van der Waals surface area contributed by atoms with Crippen LogP contribution in [0.25, 0.3) is 0 Å². The van der Waals surface area contributed by atoms with E-state index >= 15 is 0 Å². The second-order valence-corrected chi connectivity index (χ2v) is 8.18. The third-order valence-corrected chi connectivity index (χ3v) is 6.37. The van der Waals surface area contributed by atoms with Crippen LogP contribution in [0.15, 0.2) is 78.9 Å². The van der Waals surface area contributed by atoms with Gasteiger partial charge in [0.25, 0.3) is 5.69 Å². The lowest BCUT2D eigenvalue weighted by molar-refractivity contribution is -0.384. The van der Waals surface area contributed by atoms with Gasteiger partial charge in [0.05, 0.1) is 23.8 Å². The van der Waals surface area contributed by atoms with Gasteiger partial charge in [0.1, 0.15) is 18.1 Å². The molecular formula is C26H24N2O4. The van der Waals surface area contributed by atoms with Gasteiger partial charge in [0.2, 0.25) is 0 Å². The predicted octanol–water partition coefficient (Wildman–Crippen LogP) is 6.01. The molecule has 1 aliphatic carbocycles. The molecule has 0 spiro atoms. The number of nitro groups is 1. The lowest BCUT2D eigenvalue weighted by Gasteiger charge is -2.38. The molecule has 1 heterocycles. The maximum Gasteiger partial charge on any atom is 0.269 e. The highest BCUT2D eigenvalue weighted by molar-refractivity contribution is 5.67. The van der Waals surface area contributed by atoms with Crippen LogP contribution in [0.1, 0.15) is 35.1 Å². The van der Waals surface area contributed by atoms with Crippen LogP contribution in [0.5, 0.6) is 11.5 Å². The molecule has 0 unspecified atom stereocenters. The Hall–Kier alpha value is -3.80. The van der Waals surface area contributed by atoms with Crippen LogP contribution in [0.4, 0.5) is 11.4 Å². The zero-order chi connectivity index (χ0) is 22.1. The van der Waals surface area contributed by atoms with E-state index in [4.69, 9.17) is 9.47 Å². The first-order chi connectivity index (χ1) is 15.6. The summed E-state index contributed by atoms with van der Waals surface area (Å²) >= 11 is 0. The highest BCUT2D eigenvalue weighted by atomic mass is 16.6. The summed E-state index contributed by atoms with van der Waals surface area (Å²) in [6, 6.07) is 21.0. The standard InChI is InChI=1S/C26H24N2O4/c1-31-24-7-3-6-23-21-4-2-5-22(21)25(27-26(23)24)18-10-14-20(15-11-18)32-16-17-8-12-19(13-9-17)28(29)30/h2-4,6-15,21-22,25,27H,5,16H2,1H3/t21-,22+,25+/m1/s1. The van der Waals surface area contributed by atoms with E-state index in [-0.39, 0.29) is 11.7 Å². The van der Waals surface area contributed by atoms with Gasteiger partial charge in [-0.15, -0.1) is 0 Å². The third-order valence-electron chi connectivity index (χ3n) is 6.37. The number of ether oxygens (including phenoxy) is 2. The van der Waals surface area contributed by atoms with Crippen LogP contribution in [0.2, 0.25) is 0 Å². The molecule has 1 N–H and O–H groups in total. The molecule has 6 heteroatoms. The maximum absolute atomic E-state index is 10.8. The molecule has 5 rings (SSSR count). The van der Waals surface area contributed by atoms with Crippen molar-refractivity contribution < 1.29 is 14.4 Å². The number of non-ortho nitro benzene ring substituents is 1. The molecule has 0 radical (unpaired) electrons. The van der Waals surface area contributed by atoms with Gasteiger partial charge in [-0.3, -0.25) is 10.1 Å². The number of nitrogens with zero attached hydrogens (tertiary/aromatic N) is 1. The zero-order valence-corrected chi connectivity index (χ0v) is 17.7. The van der Waals surface area contributed by atoms with E-state index in [9.17, 15) is 10.1 Å². The van der Waals surface area contributed by atoms with Gasteiger partial charge >= 0.3 is 0 Å². The summed E-state index contributed by atoms with van der Waals surface area (Å²) in [5.41, 5.74) is 4.55. The Morgan fingerprint density at radius 3 is 2.56 bits per heavy atom. The molecule has 0 amide bonds. The summed E-state index contributed by atoms with van der Waals surface area (Å²) in [4.78, 5) is 10.4. The van der Waals surface area contributed by atoms with Crippen molar-refractivity contribution in [3.63, 3.8) is 0 Å². The fourth-order valence-electron chi connectivity index (χ4n) is 4.74. The normalized spacial score (nSPS) is 20.7. The number of allylic oxidation sites excluding steroid dienone is 2. The molecule has 0 bridgehead atoms. The Bertz CT molecular complexity index is 1160. The molecule has 0 aromatic heterocycles. The van der Waals surface area contributed by atoms with E-state index < -0.39 is 4.92 Å². The molecule has 3 aromatic rings. The lowest BCUT2D eigenvalue weighted by atomic mass is 9.77. The minimum absolute atomic E-state index is 0.0796. The highest BCUT2D eigenvalue weighted by Crippen LogP contribution is 2.52. The molecule has 0 saturated heterocycles. The number of nitro benzene ring substituents is 1. The third kappa shape index (κ3) is 3.68. The van der Waals surface area contributed by atoms with Crippen molar-refractivity contribution in [3.05, 3.63) is 106 Å². The summed E-state index contributed by atoms with van der Waals surface area (Å²) < 4.78 is 11.5. The fourth-order valence-corrected chi connectivity index (χ4v) is 4.74. The van der Waals surface area contributed by atoms with Gasteiger partial charge in [-0.1, -0.05) is 36.4 Å². The van der Waals surface area contributed by atoms with E-state index in [1.54, 1.807) is 19.2 Å². The van der Waals surface area contributed by atoms with Gasteiger partial charge in [-0.05, 0) is 59.4 Å². The van der Waals surface area contributed by atoms with E-state index in [2.05, 4.69) is 41.7 Å². The molecular weight excluding hydrogens is 404 g/mol. The first-order valence-corrected chi connectivity index (χ1v) is 10.7. The van der Waals surface area contributed by atoms with Crippen LogP contribution in [0.3, 0.4) is 0 Å². The van der Waals surface area contributed by atoms with Crippen LogP contribution >= 0.6 is 0 Å². The Labute approximate surface area is 186 Å². The minimum atomic E-state index is -0.402. The van der Waals surface area contributed by atoms with Crippen molar-refractivity contribution in [2.45, 2.75) is 25.0 Å². The number of nitrogens with one attached hydrogen (secondary N) is 1. The van der Waals surface area contributed by atoms with Crippen molar-refractivity contribution >= 4 is 11.4 Å². The quantitative estimate of drug-likeness (QED) is 0.296. The van der Waals surface area contributed by atoms with Crippen molar-refractivity contribution in [1.29, 1.82) is 0 Å². The van der Waals surface area contributed by atoms with Gasteiger partial charge < -0.3 is 14.8 Å². The average Bonchev–Trinajstić information content (AvgIpc) is 3.33. The van der Waals surface area contributed by atoms with Gasteiger partial charge in [-0.25, -0.2) is 0 Å². The minimum Gasteiger partial charge on any atom is -0.495 e. The molecule has 6 nitrogen and oxygen atoms in total. The Morgan fingerprint density at radius 1 is 1.06 bits per heavy atom. The number of hydrogen-bond donors (Lipinski definition) is 1. The second-order valence-electron chi connectivity index (χ2n) is 8.18. The zero-order valence-electron chi connectivity index (χ0n) is 17.7. The smallest absolute Gasteiger partial charge is 0.269 e. The lowest BCUT2D eigenvalue weighted by Crippen LogP contribution is -2.29. The van der Waals surface area contributed by atoms with Gasteiger partial charge in [-0.2, -0.15) is 0 Å². The predicted molar refractivity (Wildman–Crippen MR) is 123 cm³/mol. The Balaban J connectivity index is 1.32. The molecule has 0 saturated carbocycles. The van der Waals surface area contributed by atoms with Crippen molar-refractivity contribution in [2.75, 3.05) is 12.4 Å².